The van der Waals surface area contributed by atoms with E-state index in [0.717, 1.165) is 71.0 Å². The second-order valence-electron chi connectivity index (χ2n) is 10.2. The molecule has 0 saturated carbocycles. The monoisotopic (exact) mass is 487 g/mol. The molecule has 2 saturated heterocycles. The Morgan fingerprint density at radius 2 is 1.62 bits per heavy atom. The smallest absolute Gasteiger partial charge is 0.165 e. The number of rotatable bonds is 5. The van der Waals surface area contributed by atoms with Gasteiger partial charge in [0, 0.05) is 37.1 Å². The van der Waals surface area contributed by atoms with Crippen LogP contribution in [0.25, 0.3) is 39.5 Å². The summed E-state index contributed by atoms with van der Waals surface area (Å²) in [5, 5.41) is 3.53. The number of nitrogen functional groups attached to an aromatic ring is 1. The van der Waals surface area contributed by atoms with Crippen LogP contribution in [0.1, 0.15) is 5.56 Å². The molecule has 0 amide bonds. The number of benzene rings is 2. The number of hydrogen-bond acceptors (Lipinski definition) is 6. The van der Waals surface area contributed by atoms with Gasteiger partial charge < -0.3 is 11.1 Å². The van der Waals surface area contributed by atoms with Gasteiger partial charge in [0.15, 0.2) is 11.5 Å². The largest absolute Gasteiger partial charge is 0.383 e. The lowest BCUT2D eigenvalue weighted by Gasteiger charge is -2.17. The zero-order chi connectivity index (χ0) is 24.8. The van der Waals surface area contributed by atoms with Crippen molar-refractivity contribution in [3.05, 3.63) is 90.6 Å². The van der Waals surface area contributed by atoms with Gasteiger partial charge >= 0.3 is 0 Å². The molecule has 7 nitrogen and oxygen atoms in total. The third-order valence-electron chi connectivity index (χ3n) is 7.72. The Hall–Kier alpha value is -4.07. The number of anilines is 1. The van der Waals surface area contributed by atoms with E-state index in [0.29, 0.717) is 5.82 Å². The summed E-state index contributed by atoms with van der Waals surface area (Å²) in [6.07, 6.45) is 1.70. The molecular weight excluding hydrogens is 458 g/mol. The van der Waals surface area contributed by atoms with Gasteiger partial charge in [-0.25, -0.2) is 15.0 Å². The normalized spacial score (nSPS) is 19.5. The maximum atomic E-state index is 6.30. The molecular formula is C30H29N7. The average molecular weight is 488 g/mol. The number of imidazole rings is 1. The van der Waals surface area contributed by atoms with Crippen molar-refractivity contribution in [1.29, 1.82) is 0 Å². The van der Waals surface area contributed by atoms with Gasteiger partial charge in [-0.2, -0.15) is 0 Å². The molecule has 2 aliphatic rings. The Morgan fingerprint density at radius 1 is 0.838 bits per heavy atom. The lowest BCUT2D eigenvalue weighted by molar-refractivity contribution is 0.305. The van der Waals surface area contributed by atoms with E-state index >= 15 is 0 Å². The van der Waals surface area contributed by atoms with Crippen LogP contribution in [0.4, 0.5) is 5.82 Å². The van der Waals surface area contributed by atoms with Crippen LogP contribution >= 0.6 is 0 Å². The van der Waals surface area contributed by atoms with E-state index < -0.39 is 0 Å². The lowest BCUT2D eigenvalue weighted by atomic mass is 10.0. The van der Waals surface area contributed by atoms with Crippen LogP contribution in [0, 0.1) is 11.8 Å². The van der Waals surface area contributed by atoms with E-state index in [-0.39, 0.29) is 0 Å². The summed E-state index contributed by atoms with van der Waals surface area (Å²) in [6, 6.07) is 26.9. The fourth-order valence-electron chi connectivity index (χ4n) is 5.85. The molecule has 184 valence electrons. The van der Waals surface area contributed by atoms with Crippen LogP contribution in [0.3, 0.4) is 0 Å². The summed E-state index contributed by atoms with van der Waals surface area (Å²) in [6.45, 7) is 5.67. The lowest BCUT2D eigenvalue weighted by Crippen LogP contribution is -2.25. The quantitative estimate of drug-likeness (QED) is 0.383. The molecule has 2 aliphatic heterocycles. The van der Waals surface area contributed by atoms with E-state index in [1.54, 1.807) is 6.20 Å². The van der Waals surface area contributed by atoms with Crippen LogP contribution < -0.4 is 11.1 Å². The highest BCUT2D eigenvalue weighted by molar-refractivity contribution is 5.84. The number of nitrogens with one attached hydrogen (secondary N) is 1. The molecule has 37 heavy (non-hydrogen) atoms. The van der Waals surface area contributed by atoms with E-state index in [2.05, 4.69) is 56.2 Å². The van der Waals surface area contributed by atoms with Gasteiger partial charge in [-0.15, -0.1) is 0 Å². The Bertz CT molecular complexity index is 1550. The molecule has 7 rings (SSSR count). The summed E-state index contributed by atoms with van der Waals surface area (Å²) in [7, 11) is 0. The van der Waals surface area contributed by atoms with Crippen molar-refractivity contribution in [2.45, 2.75) is 6.54 Å². The number of nitrogens with two attached hydrogens (primary N) is 1. The topological polar surface area (TPSA) is 84.9 Å². The van der Waals surface area contributed by atoms with Gasteiger partial charge in [0.05, 0.1) is 11.3 Å². The van der Waals surface area contributed by atoms with Crippen molar-refractivity contribution in [3.63, 3.8) is 0 Å². The van der Waals surface area contributed by atoms with Gasteiger partial charge in [-0.3, -0.25) is 9.47 Å². The van der Waals surface area contributed by atoms with Crippen molar-refractivity contribution in [2.75, 3.05) is 31.9 Å². The number of pyridine rings is 2. The standard InChI is InChI=1S/C30H29N7/c31-28-25(7-4-14-33-28)29-35-27-13-12-26(21-5-2-1-3-6-21)34-30(27)37(29)24-10-8-20(9-11-24)17-36-18-22-15-32-16-23(22)19-36/h1-14,22-23,32H,15-19H2,(H2,31,33)/t22-,23?/m1/s1. The number of likely N-dealkylation sites (tertiary alicyclic amines) is 1. The highest BCUT2D eigenvalue weighted by atomic mass is 15.2. The number of fused-ring (bicyclic) bond motifs is 2. The van der Waals surface area contributed by atoms with Gasteiger partial charge in [0.25, 0.3) is 0 Å². The van der Waals surface area contributed by atoms with Gasteiger partial charge in [-0.05, 0) is 66.9 Å². The van der Waals surface area contributed by atoms with Crippen LogP contribution in [0.15, 0.2) is 85.1 Å². The molecule has 0 bridgehead atoms. The van der Waals surface area contributed by atoms with E-state index in [1.165, 1.54) is 18.7 Å². The predicted octanol–water partition coefficient (Wildman–Crippen LogP) is 4.38. The first-order chi connectivity index (χ1) is 18.2. The third-order valence-corrected chi connectivity index (χ3v) is 7.72. The fourth-order valence-corrected chi connectivity index (χ4v) is 5.85. The molecule has 7 heteroatoms. The van der Waals surface area contributed by atoms with Crippen molar-refractivity contribution in [3.8, 4) is 28.3 Å². The van der Waals surface area contributed by atoms with Crippen LogP contribution in [-0.2, 0) is 6.54 Å². The number of nitrogens with zero attached hydrogens (tertiary/aromatic N) is 5. The Labute approximate surface area is 216 Å². The molecule has 1 unspecified atom stereocenters. The first-order valence-electron chi connectivity index (χ1n) is 12.9. The molecule has 0 spiro atoms. The van der Waals surface area contributed by atoms with Gasteiger partial charge in [-0.1, -0.05) is 42.5 Å². The molecule has 3 aromatic heterocycles. The maximum Gasteiger partial charge on any atom is 0.165 e. The van der Waals surface area contributed by atoms with Crippen LogP contribution in [0.2, 0.25) is 0 Å². The van der Waals surface area contributed by atoms with Gasteiger partial charge in [0.2, 0.25) is 0 Å². The molecule has 0 aliphatic carbocycles. The molecule has 0 radical (unpaired) electrons. The zero-order valence-electron chi connectivity index (χ0n) is 20.6. The van der Waals surface area contributed by atoms with E-state index in [4.69, 9.17) is 15.7 Å². The highest BCUT2D eigenvalue weighted by Crippen LogP contribution is 2.32. The minimum Gasteiger partial charge on any atom is -0.383 e. The predicted molar refractivity (Wildman–Crippen MR) is 147 cm³/mol. The zero-order valence-corrected chi connectivity index (χ0v) is 20.6. The van der Waals surface area contributed by atoms with Crippen molar-refractivity contribution < 1.29 is 0 Å². The molecule has 2 fully saturated rings. The number of aromatic nitrogens is 4. The minimum atomic E-state index is 0.452. The Kier molecular flexibility index (Phi) is 5.45. The van der Waals surface area contributed by atoms with Crippen molar-refractivity contribution >= 4 is 17.0 Å². The minimum absolute atomic E-state index is 0.452. The van der Waals surface area contributed by atoms with Gasteiger partial charge in [0.1, 0.15) is 11.3 Å². The van der Waals surface area contributed by atoms with E-state index in [9.17, 15) is 0 Å². The summed E-state index contributed by atoms with van der Waals surface area (Å²) in [5.74, 6) is 2.79. The molecule has 5 aromatic rings. The van der Waals surface area contributed by atoms with Crippen molar-refractivity contribution in [1.82, 2.24) is 29.7 Å². The molecule has 3 N–H and O–H groups in total. The summed E-state index contributed by atoms with van der Waals surface area (Å²) in [4.78, 5) is 16.9. The molecule has 2 atom stereocenters. The SMILES string of the molecule is Nc1ncccc1-c1nc2ccc(-c3ccccc3)nc2n1-c1ccc(CN2CC3CNC[C@@H]3C2)cc1. The number of hydrogen-bond donors (Lipinski definition) is 2. The third kappa shape index (κ3) is 4.06. The summed E-state index contributed by atoms with van der Waals surface area (Å²) in [5.41, 5.74) is 13.0. The first-order valence-corrected chi connectivity index (χ1v) is 12.9. The van der Waals surface area contributed by atoms with Crippen molar-refractivity contribution in [2.24, 2.45) is 11.8 Å². The van der Waals surface area contributed by atoms with Crippen LogP contribution in [0.5, 0.6) is 0 Å². The van der Waals surface area contributed by atoms with Crippen LogP contribution in [-0.4, -0.2) is 50.6 Å². The maximum absolute atomic E-state index is 6.30. The second-order valence-corrected chi connectivity index (χ2v) is 10.2. The highest BCUT2D eigenvalue weighted by Gasteiger charge is 2.35. The fraction of sp³-hybridized carbons (Fsp3) is 0.233. The Balaban J connectivity index is 1.29. The molecule has 5 heterocycles. The van der Waals surface area contributed by atoms with E-state index in [1.807, 2.05) is 42.5 Å². The summed E-state index contributed by atoms with van der Waals surface area (Å²) < 4.78 is 2.10. The molecule has 2 aromatic carbocycles. The Morgan fingerprint density at radius 3 is 2.38 bits per heavy atom. The first kappa shape index (κ1) is 22.2. The summed E-state index contributed by atoms with van der Waals surface area (Å²) >= 11 is 0. The second kappa shape index (κ2) is 9.10. The average Bonchev–Trinajstić information content (AvgIpc) is 3.63.